The highest BCUT2D eigenvalue weighted by molar-refractivity contribution is 7.92. The van der Waals surface area contributed by atoms with Crippen molar-refractivity contribution in [2.24, 2.45) is 0 Å². The molecule has 0 saturated carbocycles. The van der Waals surface area contributed by atoms with Crippen LogP contribution in [0, 0.1) is 6.92 Å². The molecule has 0 fully saturated rings. The second-order valence-electron chi connectivity index (χ2n) is 9.00. The van der Waals surface area contributed by atoms with Crippen molar-refractivity contribution in [3.8, 4) is 0 Å². The first-order valence-corrected chi connectivity index (χ1v) is 12.0. The van der Waals surface area contributed by atoms with Gasteiger partial charge in [-0.3, -0.25) is 9.52 Å². The van der Waals surface area contributed by atoms with Crippen LogP contribution in [0.2, 0.25) is 0 Å². The molecule has 0 saturated heterocycles. The molecular weight excluding hydrogens is 410 g/mol. The van der Waals surface area contributed by atoms with E-state index in [-0.39, 0.29) is 17.4 Å². The zero-order valence-corrected chi connectivity index (χ0v) is 19.6. The Kier molecular flexibility index (Phi) is 6.09. The third-order valence-electron chi connectivity index (χ3n) is 5.18. The molecule has 2 N–H and O–H groups in total. The highest BCUT2D eigenvalue weighted by atomic mass is 32.2. The van der Waals surface area contributed by atoms with Crippen LogP contribution in [0.4, 0.5) is 5.69 Å². The minimum absolute atomic E-state index is 0.0458. The quantitative estimate of drug-likeness (QED) is 0.603. The number of rotatable bonds is 5. The molecule has 7 heteroatoms. The number of nitrogens with zero attached hydrogens (tertiary/aromatic N) is 1. The van der Waals surface area contributed by atoms with Gasteiger partial charge in [0.05, 0.1) is 23.5 Å². The summed E-state index contributed by atoms with van der Waals surface area (Å²) in [5, 5.41) is 3.97. The molecule has 3 aromatic rings. The lowest BCUT2D eigenvalue weighted by atomic mass is 9.86. The molecule has 1 aromatic heterocycles. The van der Waals surface area contributed by atoms with Crippen molar-refractivity contribution in [1.29, 1.82) is 0 Å². The van der Waals surface area contributed by atoms with Gasteiger partial charge < -0.3 is 5.32 Å². The average molecular weight is 440 g/mol. The summed E-state index contributed by atoms with van der Waals surface area (Å²) in [5.74, 6) is -0.259. The lowest BCUT2D eigenvalue weighted by Crippen LogP contribution is -2.27. The maximum atomic E-state index is 12.8. The minimum atomic E-state index is -3.34. The normalized spacial score (nSPS) is 13.1. The largest absolute Gasteiger partial charge is 0.344 e. The minimum Gasteiger partial charge on any atom is -0.344 e. The van der Waals surface area contributed by atoms with E-state index < -0.39 is 10.0 Å². The molecule has 2 aromatic carbocycles. The van der Waals surface area contributed by atoms with Crippen molar-refractivity contribution in [2.45, 2.75) is 46.1 Å². The van der Waals surface area contributed by atoms with Crippen molar-refractivity contribution < 1.29 is 13.2 Å². The molecule has 0 bridgehead atoms. The Hall–Kier alpha value is -2.93. The van der Waals surface area contributed by atoms with Gasteiger partial charge in [-0.1, -0.05) is 45.0 Å². The second-order valence-corrected chi connectivity index (χ2v) is 10.7. The van der Waals surface area contributed by atoms with Crippen molar-refractivity contribution in [2.75, 3.05) is 11.0 Å². The number of amides is 1. The fraction of sp³-hybridized carbons (Fsp3) is 0.333. The van der Waals surface area contributed by atoms with Crippen molar-refractivity contribution in [3.05, 3.63) is 70.9 Å². The van der Waals surface area contributed by atoms with Gasteiger partial charge >= 0.3 is 0 Å². The summed E-state index contributed by atoms with van der Waals surface area (Å²) in [5.41, 5.74) is 4.58. The maximum absolute atomic E-state index is 12.8. The maximum Gasteiger partial charge on any atom is 0.270 e. The van der Waals surface area contributed by atoms with Gasteiger partial charge in [-0.2, -0.15) is 0 Å². The number of carbonyl (C=O) groups excluding carboxylic acids is 1. The zero-order chi connectivity index (χ0) is 23.0. The van der Waals surface area contributed by atoms with E-state index in [1.807, 2.05) is 32.0 Å². The number of carbonyl (C=O) groups is 1. The van der Waals surface area contributed by atoms with Crippen molar-refractivity contribution >= 4 is 32.5 Å². The number of anilines is 1. The standard InChI is InChI=1S/C24H29N3O3S/c1-15-13-17(7-10-20(15)27-31(6,29)30)16(2)25-23(28)22-11-8-18-14-19(24(3,4)5)9-12-21(18)26-22/h7-14,16,27H,1-6H3,(H,25,28)/t16-/m0/s1. The SMILES string of the molecule is Cc1cc([C@H](C)NC(=O)c2ccc3cc(C(C)(C)C)ccc3n2)ccc1NS(C)(=O)=O. The number of sulfonamides is 1. The first-order chi connectivity index (χ1) is 14.3. The molecule has 31 heavy (non-hydrogen) atoms. The third kappa shape index (κ3) is 5.61. The molecule has 1 atom stereocenters. The molecule has 0 aliphatic carbocycles. The van der Waals surface area contributed by atoms with Crippen LogP contribution in [0.5, 0.6) is 0 Å². The molecule has 0 unspecified atom stereocenters. The second kappa shape index (κ2) is 8.30. The number of hydrogen-bond acceptors (Lipinski definition) is 4. The van der Waals surface area contributed by atoms with E-state index >= 15 is 0 Å². The van der Waals surface area contributed by atoms with Gasteiger partial charge in [0, 0.05) is 5.39 Å². The highest BCUT2D eigenvalue weighted by Gasteiger charge is 2.17. The lowest BCUT2D eigenvalue weighted by Gasteiger charge is -2.19. The van der Waals surface area contributed by atoms with Gasteiger partial charge in [0.15, 0.2) is 0 Å². The molecule has 0 aliphatic rings. The van der Waals surface area contributed by atoms with E-state index in [4.69, 9.17) is 0 Å². The molecule has 164 valence electrons. The number of fused-ring (bicyclic) bond motifs is 1. The van der Waals surface area contributed by atoms with E-state index in [2.05, 4.69) is 47.9 Å². The molecular formula is C24H29N3O3S. The number of benzene rings is 2. The van der Waals surface area contributed by atoms with Gasteiger partial charge in [0.25, 0.3) is 5.91 Å². The summed E-state index contributed by atoms with van der Waals surface area (Å²) < 4.78 is 25.4. The molecule has 1 heterocycles. The summed E-state index contributed by atoms with van der Waals surface area (Å²) in [7, 11) is -3.34. The van der Waals surface area contributed by atoms with Gasteiger partial charge in [-0.15, -0.1) is 0 Å². The van der Waals surface area contributed by atoms with Crippen LogP contribution < -0.4 is 10.0 Å². The molecule has 6 nitrogen and oxygen atoms in total. The highest BCUT2D eigenvalue weighted by Crippen LogP contribution is 2.26. The lowest BCUT2D eigenvalue weighted by molar-refractivity contribution is 0.0935. The Morgan fingerprint density at radius 2 is 1.74 bits per heavy atom. The smallest absolute Gasteiger partial charge is 0.270 e. The Labute approximate surface area is 184 Å². The average Bonchev–Trinajstić information content (AvgIpc) is 2.66. The van der Waals surface area contributed by atoms with Crippen LogP contribution in [0.25, 0.3) is 10.9 Å². The molecule has 0 radical (unpaired) electrons. The van der Waals surface area contributed by atoms with E-state index in [1.54, 1.807) is 18.2 Å². The fourth-order valence-electron chi connectivity index (χ4n) is 3.34. The molecule has 3 rings (SSSR count). The van der Waals surface area contributed by atoms with Crippen LogP contribution in [-0.2, 0) is 15.4 Å². The van der Waals surface area contributed by atoms with Gasteiger partial charge in [0.1, 0.15) is 5.69 Å². The molecule has 0 aliphatic heterocycles. The summed E-state index contributed by atoms with van der Waals surface area (Å²) >= 11 is 0. The molecule has 1 amide bonds. The molecule has 0 spiro atoms. The van der Waals surface area contributed by atoms with Gasteiger partial charge in [0.2, 0.25) is 10.0 Å². The topological polar surface area (TPSA) is 88.2 Å². The Balaban J connectivity index is 1.77. The Morgan fingerprint density at radius 3 is 2.35 bits per heavy atom. The van der Waals surface area contributed by atoms with Crippen LogP contribution in [0.3, 0.4) is 0 Å². The summed E-state index contributed by atoms with van der Waals surface area (Å²) in [6.07, 6.45) is 1.11. The first kappa shape index (κ1) is 22.7. The van der Waals surface area contributed by atoms with Crippen LogP contribution in [-0.4, -0.2) is 25.6 Å². The Morgan fingerprint density at radius 1 is 1.03 bits per heavy atom. The fourth-order valence-corrected chi connectivity index (χ4v) is 3.97. The van der Waals surface area contributed by atoms with Crippen LogP contribution >= 0.6 is 0 Å². The Bertz CT molecular complexity index is 1240. The number of pyridine rings is 1. The third-order valence-corrected chi connectivity index (χ3v) is 5.77. The van der Waals surface area contributed by atoms with E-state index in [0.717, 1.165) is 28.3 Å². The van der Waals surface area contributed by atoms with E-state index in [9.17, 15) is 13.2 Å². The van der Waals surface area contributed by atoms with Crippen molar-refractivity contribution in [3.63, 3.8) is 0 Å². The summed E-state index contributed by atoms with van der Waals surface area (Å²) in [6, 6.07) is 14.9. The monoisotopic (exact) mass is 439 g/mol. The van der Waals surface area contributed by atoms with Crippen molar-refractivity contribution in [1.82, 2.24) is 10.3 Å². The van der Waals surface area contributed by atoms with Crippen LogP contribution in [0.1, 0.15) is 60.9 Å². The summed E-state index contributed by atoms with van der Waals surface area (Å²) in [4.78, 5) is 17.3. The van der Waals surface area contributed by atoms with E-state index in [1.165, 1.54) is 5.56 Å². The number of aryl methyl sites for hydroxylation is 1. The number of aromatic nitrogens is 1. The van der Waals surface area contributed by atoms with Crippen LogP contribution in [0.15, 0.2) is 48.5 Å². The number of nitrogens with one attached hydrogen (secondary N) is 2. The predicted molar refractivity (Wildman–Crippen MR) is 126 cm³/mol. The summed E-state index contributed by atoms with van der Waals surface area (Å²) in [6.45, 7) is 10.2. The van der Waals surface area contributed by atoms with E-state index in [0.29, 0.717) is 11.4 Å². The van der Waals surface area contributed by atoms with Gasteiger partial charge in [-0.25, -0.2) is 13.4 Å². The van der Waals surface area contributed by atoms with Gasteiger partial charge in [-0.05, 0) is 60.2 Å². The predicted octanol–water partition coefficient (Wildman–Crippen LogP) is 4.70. The zero-order valence-electron chi connectivity index (χ0n) is 18.8. The first-order valence-electron chi connectivity index (χ1n) is 10.1. The number of hydrogen-bond donors (Lipinski definition) is 2.